The Morgan fingerprint density at radius 3 is 2.70 bits per heavy atom. The number of rotatable bonds is 3. The summed E-state index contributed by atoms with van der Waals surface area (Å²) in [6.45, 7) is 0. The molecule has 2 aromatic heterocycles. The summed E-state index contributed by atoms with van der Waals surface area (Å²) < 4.78 is 12.5. The molecule has 5 nitrogen and oxygen atoms in total. The Balaban J connectivity index is 2.28. The summed E-state index contributed by atoms with van der Waals surface area (Å²) in [6.07, 6.45) is 1.62. The molecule has 0 saturated carbocycles. The smallest absolute Gasteiger partial charge is 0.154 e. The highest BCUT2D eigenvalue weighted by Crippen LogP contribution is 2.40. The van der Waals surface area contributed by atoms with E-state index in [2.05, 4.69) is 5.10 Å². The van der Waals surface area contributed by atoms with Gasteiger partial charge in [-0.25, -0.2) is 0 Å². The standard InChI is InChI=1S/C15H15N3O2/c1-18-15(16)13(10-6-3-4-7-11(10)19-2)14(17-18)12-8-5-9-20-12/h3-9H,16H2,1-2H3. The fraction of sp³-hybridized carbons (Fsp3) is 0.133. The number of aromatic nitrogens is 2. The third-order valence-corrected chi connectivity index (χ3v) is 3.22. The van der Waals surface area contributed by atoms with Crippen molar-refractivity contribution in [3.63, 3.8) is 0 Å². The fourth-order valence-corrected chi connectivity index (χ4v) is 2.24. The predicted molar refractivity (Wildman–Crippen MR) is 77.3 cm³/mol. The molecule has 0 amide bonds. The number of nitrogens with two attached hydrogens (primary N) is 1. The van der Waals surface area contributed by atoms with Crippen molar-refractivity contribution in [1.29, 1.82) is 0 Å². The van der Waals surface area contributed by atoms with Crippen LogP contribution in [0.1, 0.15) is 0 Å². The van der Waals surface area contributed by atoms with E-state index in [1.165, 1.54) is 0 Å². The van der Waals surface area contributed by atoms with Crippen LogP contribution >= 0.6 is 0 Å². The van der Waals surface area contributed by atoms with Crippen molar-refractivity contribution in [2.45, 2.75) is 0 Å². The third-order valence-electron chi connectivity index (χ3n) is 3.22. The van der Waals surface area contributed by atoms with Gasteiger partial charge in [0.15, 0.2) is 5.76 Å². The van der Waals surface area contributed by atoms with Crippen LogP contribution in [0.3, 0.4) is 0 Å². The number of furan rings is 1. The van der Waals surface area contributed by atoms with Crippen LogP contribution in [0.5, 0.6) is 5.75 Å². The van der Waals surface area contributed by atoms with Gasteiger partial charge in [0.1, 0.15) is 17.3 Å². The van der Waals surface area contributed by atoms with Crippen LogP contribution in [-0.2, 0) is 7.05 Å². The van der Waals surface area contributed by atoms with E-state index < -0.39 is 0 Å². The van der Waals surface area contributed by atoms with E-state index in [1.807, 2.05) is 36.4 Å². The number of aryl methyl sites for hydroxylation is 1. The third kappa shape index (κ3) is 1.84. The molecule has 0 aliphatic carbocycles. The van der Waals surface area contributed by atoms with Crippen LogP contribution in [0, 0.1) is 0 Å². The lowest BCUT2D eigenvalue weighted by Gasteiger charge is -2.08. The first-order valence-corrected chi connectivity index (χ1v) is 6.22. The number of ether oxygens (including phenoxy) is 1. The molecule has 3 aromatic rings. The summed E-state index contributed by atoms with van der Waals surface area (Å²) in [5.74, 6) is 2.00. The zero-order valence-electron chi connectivity index (χ0n) is 11.3. The number of benzene rings is 1. The molecule has 0 aliphatic rings. The van der Waals surface area contributed by atoms with Crippen molar-refractivity contribution in [2.75, 3.05) is 12.8 Å². The molecule has 3 rings (SSSR count). The second kappa shape index (κ2) is 4.77. The van der Waals surface area contributed by atoms with Crippen LogP contribution < -0.4 is 10.5 Å². The first kappa shape index (κ1) is 12.3. The predicted octanol–water partition coefficient (Wildman–Crippen LogP) is 2.94. The molecule has 0 fully saturated rings. The first-order valence-electron chi connectivity index (χ1n) is 6.22. The van der Waals surface area contributed by atoms with Crippen molar-refractivity contribution in [2.24, 2.45) is 7.05 Å². The summed E-state index contributed by atoms with van der Waals surface area (Å²) in [7, 11) is 3.44. The Hall–Kier alpha value is -2.69. The highest BCUT2D eigenvalue weighted by atomic mass is 16.5. The van der Waals surface area contributed by atoms with Gasteiger partial charge in [-0.1, -0.05) is 18.2 Å². The normalized spacial score (nSPS) is 10.7. The Bertz CT molecular complexity index is 730. The van der Waals surface area contributed by atoms with Crippen molar-refractivity contribution in [3.05, 3.63) is 42.7 Å². The first-order chi connectivity index (χ1) is 9.72. The topological polar surface area (TPSA) is 66.2 Å². The molecule has 0 aliphatic heterocycles. The second-order valence-corrected chi connectivity index (χ2v) is 4.41. The molecule has 2 N–H and O–H groups in total. The SMILES string of the molecule is COc1ccccc1-c1c(-c2ccco2)nn(C)c1N. The molecule has 1 aromatic carbocycles. The summed E-state index contributed by atoms with van der Waals surface area (Å²) >= 11 is 0. The zero-order chi connectivity index (χ0) is 14.1. The van der Waals surface area contributed by atoms with Crippen LogP contribution in [0.25, 0.3) is 22.6 Å². The molecule has 0 bridgehead atoms. The number of para-hydroxylation sites is 1. The van der Waals surface area contributed by atoms with Gasteiger partial charge in [0.05, 0.1) is 18.9 Å². The van der Waals surface area contributed by atoms with Crippen LogP contribution in [0.2, 0.25) is 0 Å². The second-order valence-electron chi connectivity index (χ2n) is 4.41. The minimum absolute atomic E-state index is 0.570. The highest BCUT2D eigenvalue weighted by molar-refractivity contribution is 5.89. The van der Waals surface area contributed by atoms with Crippen molar-refractivity contribution >= 4 is 5.82 Å². The lowest BCUT2D eigenvalue weighted by Crippen LogP contribution is -1.98. The van der Waals surface area contributed by atoms with E-state index in [-0.39, 0.29) is 0 Å². The molecular formula is C15H15N3O2. The number of hydrogen-bond acceptors (Lipinski definition) is 4. The summed E-state index contributed by atoms with van der Waals surface area (Å²) in [5.41, 5.74) is 8.59. The number of nitrogen functional groups attached to an aromatic ring is 1. The number of methoxy groups -OCH3 is 1. The molecular weight excluding hydrogens is 254 g/mol. The van der Waals surface area contributed by atoms with Crippen LogP contribution in [-0.4, -0.2) is 16.9 Å². The maximum absolute atomic E-state index is 6.17. The van der Waals surface area contributed by atoms with Crippen LogP contribution in [0.4, 0.5) is 5.82 Å². The van der Waals surface area contributed by atoms with Gasteiger partial charge in [-0.2, -0.15) is 5.10 Å². The Labute approximate surface area is 116 Å². The van der Waals surface area contributed by atoms with Gasteiger partial charge < -0.3 is 14.9 Å². The Kier molecular flexibility index (Phi) is 2.95. The average molecular weight is 269 g/mol. The minimum atomic E-state index is 0.570. The lowest BCUT2D eigenvalue weighted by molar-refractivity contribution is 0.416. The molecule has 102 valence electrons. The van der Waals surface area contributed by atoms with Crippen molar-refractivity contribution in [3.8, 4) is 28.3 Å². The van der Waals surface area contributed by atoms with Crippen molar-refractivity contribution in [1.82, 2.24) is 9.78 Å². The van der Waals surface area contributed by atoms with E-state index in [4.69, 9.17) is 14.9 Å². The van der Waals surface area contributed by atoms with Gasteiger partial charge >= 0.3 is 0 Å². The zero-order valence-corrected chi connectivity index (χ0v) is 11.3. The molecule has 0 atom stereocenters. The van der Waals surface area contributed by atoms with E-state index in [1.54, 1.807) is 25.1 Å². The van der Waals surface area contributed by atoms with Gasteiger partial charge in [0.2, 0.25) is 0 Å². The Morgan fingerprint density at radius 2 is 2.00 bits per heavy atom. The van der Waals surface area contributed by atoms with Gasteiger partial charge in [-0.05, 0) is 18.2 Å². The largest absolute Gasteiger partial charge is 0.496 e. The fourth-order valence-electron chi connectivity index (χ4n) is 2.24. The maximum Gasteiger partial charge on any atom is 0.154 e. The highest BCUT2D eigenvalue weighted by Gasteiger charge is 2.21. The summed E-state index contributed by atoms with van der Waals surface area (Å²) in [4.78, 5) is 0. The maximum atomic E-state index is 6.17. The number of nitrogens with zero attached hydrogens (tertiary/aromatic N) is 2. The Morgan fingerprint density at radius 1 is 1.20 bits per heavy atom. The number of hydrogen-bond donors (Lipinski definition) is 1. The lowest BCUT2D eigenvalue weighted by atomic mass is 10.0. The molecule has 0 saturated heterocycles. The minimum Gasteiger partial charge on any atom is -0.496 e. The van der Waals surface area contributed by atoms with Gasteiger partial charge in [-0.15, -0.1) is 0 Å². The summed E-state index contributed by atoms with van der Waals surface area (Å²) in [6, 6.07) is 11.4. The molecule has 5 heteroatoms. The monoisotopic (exact) mass is 269 g/mol. The van der Waals surface area contributed by atoms with E-state index >= 15 is 0 Å². The van der Waals surface area contributed by atoms with E-state index in [0.29, 0.717) is 17.3 Å². The van der Waals surface area contributed by atoms with Gasteiger partial charge in [0.25, 0.3) is 0 Å². The molecule has 0 unspecified atom stereocenters. The molecule has 0 spiro atoms. The van der Waals surface area contributed by atoms with Gasteiger partial charge in [-0.3, -0.25) is 4.68 Å². The quantitative estimate of drug-likeness (QED) is 0.793. The van der Waals surface area contributed by atoms with E-state index in [0.717, 1.165) is 16.9 Å². The summed E-state index contributed by atoms with van der Waals surface area (Å²) in [5, 5.41) is 4.45. The van der Waals surface area contributed by atoms with E-state index in [9.17, 15) is 0 Å². The number of anilines is 1. The molecule has 20 heavy (non-hydrogen) atoms. The molecule has 0 radical (unpaired) electrons. The van der Waals surface area contributed by atoms with Crippen molar-refractivity contribution < 1.29 is 9.15 Å². The van der Waals surface area contributed by atoms with Gasteiger partial charge in [0, 0.05) is 12.6 Å². The molecule has 2 heterocycles. The van der Waals surface area contributed by atoms with Crippen LogP contribution in [0.15, 0.2) is 47.1 Å². The average Bonchev–Trinajstić information content (AvgIpc) is 3.08.